The van der Waals surface area contributed by atoms with E-state index in [1.807, 2.05) is 32.2 Å². The van der Waals surface area contributed by atoms with Crippen LogP contribution in [0, 0.1) is 24.7 Å². The Morgan fingerprint density at radius 1 is 1.26 bits per heavy atom. The molecule has 2 N–H and O–H groups in total. The molecule has 1 aromatic rings. The first kappa shape index (κ1) is 18.6. The smallest absolute Gasteiger partial charge is 0.229 e. The summed E-state index contributed by atoms with van der Waals surface area (Å²) in [6, 6.07) is 6.11. The molecule has 5 heteroatoms. The van der Waals surface area contributed by atoms with Gasteiger partial charge in [-0.1, -0.05) is 24.1 Å². The topological polar surface area (TPSA) is 46.3 Å². The van der Waals surface area contributed by atoms with Gasteiger partial charge in [0.15, 0.2) is 0 Å². The third-order valence-electron chi connectivity index (χ3n) is 5.64. The van der Waals surface area contributed by atoms with Crippen molar-refractivity contribution in [3.05, 3.63) is 28.8 Å². The summed E-state index contributed by atoms with van der Waals surface area (Å²) in [5.41, 5.74) is 8.24. The van der Waals surface area contributed by atoms with Gasteiger partial charge in [-0.2, -0.15) is 0 Å². The van der Waals surface area contributed by atoms with E-state index in [-0.39, 0.29) is 24.2 Å². The highest BCUT2D eigenvalue weighted by Crippen LogP contribution is 2.42. The highest BCUT2D eigenvalue weighted by atomic mass is 35.5. The number of amides is 1. The fraction of sp³-hybridized carbons (Fsp3) is 0.611. The average Bonchev–Trinajstić information content (AvgIpc) is 2.48. The van der Waals surface area contributed by atoms with Gasteiger partial charge in [0.05, 0.1) is 0 Å². The monoisotopic (exact) mass is 356 g/mol. The maximum Gasteiger partial charge on any atom is 0.229 e. The minimum absolute atomic E-state index is 0. The van der Waals surface area contributed by atoms with Crippen molar-refractivity contribution >= 4 is 35.6 Å². The number of carbonyl (C=O) groups excluding carboxylic acids is 1. The predicted molar refractivity (Wildman–Crippen MR) is 98.4 cm³/mol. The number of halogens is 2. The number of fused-ring (bicyclic) bond motifs is 2. The molecule has 2 unspecified atom stereocenters. The highest BCUT2D eigenvalue weighted by molar-refractivity contribution is 6.31. The van der Waals surface area contributed by atoms with Gasteiger partial charge in [0, 0.05) is 29.7 Å². The van der Waals surface area contributed by atoms with Gasteiger partial charge in [0.2, 0.25) is 5.91 Å². The summed E-state index contributed by atoms with van der Waals surface area (Å²) in [5, 5.41) is 0.708. The van der Waals surface area contributed by atoms with Gasteiger partial charge in [-0.15, -0.1) is 12.4 Å². The molecule has 1 aromatic carbocycles. The van der Waals surface area contributed by atoms with E-state index in [1.54, 1.807) is 4.90 Å². The molecule has 0 heterocycles. The zero-order valence-electron chi connectivity index (χ0n) is 13.8. The highest BCUT2D eigenvalue weighted by Gasteiger charge is 2.41. The second-order valence-corrected chi connectivity index (χ2v) is 7.43. The normalized spacial score (nSPS) is 29.6. The Labute approximate surface area is 150 Å². The van der Waals surface area contributed by atoms with Crippen LogP contribution in [0.25, 0.3) is 0 Å². The average molecular weight is 357 g/mol. The Hall–Kier alpha value is -0.770. The second-order valence-electron chi connectivity index (χ2n) is 7.03. The van der Waals surface area contributed by atoms with Gasteiger partial charge >= 0.3 is 0 Å². The van der Waals surface area contributed by atoms with Crippen LogP contribution in [0.1, 0.15) is 37.7 Å². The molecule has 2 fully saturated rings. The van der Waals surface area contributed by atoms with E-state index < -0.39 is 0 Å². The van der Waals surface area contributed by atoms with Crippen molar-refractivity contribution in [3.8, 4) is 0 Å². The lowest BCUT2D eigenvalue weighted by atomic mass is 9.65. The number of nitrogens with zero attached hydrogens (tertiary/aromatic N) is 1. The second kappa shape index (κ2) is 7.42. The fourth-order valence-electron chi connectivity index (χ4n) is 4.18. The number of nitrogens with two attached hydrogens (primary N) is 1. The fourth-order valence-corrected chi connectivity index (χ4v) is 4.36. The Kier molecular flexibility index (Phi) is 5.99. The van der Waals surface area contributed by atoms with Gasteiger partial charge in [0.25, 0.3) is 0 Å². The number of benzene rings is 1. The summed E-state index contributed by atoms with van der Waals surface area (Å²) >= 11 is 6.19. The lowest BCUT2D eigenvalue weighted by Gasteiger charge is -2.44. The molecule has 3 nitrogen and oxygen atoms in total. The quantitative estimate of drug-likeness (QED) is 0.863. The SMILES string of the molecule is Cc1ccc(N(C)C(=O)C2CC3CCCC(C2)C3N)cc1Cl.Cl. The van der Waals surface area contributed by atoms with E-state index in [9.17, 15) is 4.79 Å². The van der Waals surface area contributed by atoms with Crippen molar-refractivity contribution < 1.29 is 4.79 Å². The van der Waals surface area contributed by atoms with Crippen molar-refractivity contribution in [3.63, 3.8) is 0 Å². The van der Waals surface area contributed by atoms with Crippen LogP contribution in [0.2, 0.25) is 5.02 Å². The summed E-state index contributed by atoms with van der Waals surface area (Å²) in [4.78, 5) is 14.6. The summed E-state index contributed by atoms with van der Waals surface area (Å²) < 4.78 is 0. The Morgan fingerprint density at radius 2 is 1.87 bits per heavy atom. The van der Waals surface area contributed by atoms with E-state index in [0.29, 0.717) is 22.9 Å². The van der Waals surface area contributed by atoms with Crippen molar-refractivity contribution in [1.82, 2.24) is 0 Å². The number of rotatable bonds is 2. The number of hydrogen-bond acceptors (Lipinski definition) is 2. The van der Waals surface area contributed by atoms with Crippen LogP contribution in [0.15, 0.2) is 18.2 Å². The summed E-state index contributed by atoms with van der Waals surface area (Å²) in [6.45, 7) is 1.97. The van der Waals surface area contributed by atoms with E-state index in [4.69, 9.17) is 17.3 Å². The van der Waals surface area contributed by atoms with Crippen LogP contribution in [-0.2, 0) is 4.79 Å². The molecule has 2 saturated carbocycles. The van der Waals surface area contributed by atoms with Crippen LogP contribution in [-0.4, -0.2) is 19.0 Å². The van der Waals surface area contributed by atoms with Crippen molar-refractivity contribution in [2.24, 2.45) is 23.5 Å². The maximum atomic E-state index is 12.9. The molecule has 2 bridgehead atoms. The first-order valence-corrected chi connectivity index (χ1v) is 8.64. The van der Waals surface area contributed by atoms with E-state index in [2.05, 4.69) is 0 Å². The van der Waals surface area contributed by atoms with Gasteiger partial charge in [0.1, 0.15) is 0 Å². The van der Waals surface area contributed by atoms with Gasteiger partial charge in [-0.3, -0.25) is 4.79 Å². The molecule has 2 aliphatic rings. The lowest BCUT2D eigenvalue weighted by molar-refractivity contribution is -0.124. The van der Waals surface area contributed by atoms with Crippen LogP contribution < -0.4 is 10.6 Å². The van der Waals surface area contributed by atoms with Crippen LogP contribution >= 0.6 is 24.0 Å². The molecule has 23 heavy (non-hydrogen) atoms. The Balaban J connectivity index is 0.00000192. The van der Waals surface area contributed by atoms with E-state index in [0.717, 1.165) is 24.1 Å². The van der Waals surface area contributed by atoms with Crippen LogP contribution in [0.3, 0.4) is 0 Å². The van der Waals surface area contributed by atoms with Crippen molar-refractivity contribution in [2.45, 2.75) is 45.1 Å². The maximum absolute atomic E-state index is 12.9. The standard InChI is InChI=1S/C18H25ClN2O.ClH/c1-11-6-7-15(10-16(11)19)21(2)18(22)14-8-12-4-3-5-13(9-14)17(12)20;/h6-7,10,12-14,17H,3-5,8-9,20H2,1-2H3;1H. The first-order chi connectivity index (χ1) is 10.5. The number of hydrogen-bond donors (Lipinski definition) is 1. The Bertz CT molecular complexity index is 564. The minimum atomic E-state index is 0. The van der Waals surface area contributed by atoms with E-state index >= 15 is 0 Å². The first-order valence-electron chi connectivity index (χ1n) is 8.26. The predicted octanol–water partition coefficient (Wildman–Crippen LogP) is 4.19. The summed E-state index contributed by atoms with van der Waals surface area (Å²) in [6.07, 6.45) is 5.53. The molecule has 0 spiro atoms. The molecular formula is C18H26Cl2N2O. The van der Waals surface area contributed by atoms with Crippen molar-refractivity contribution in [2.75, 3.05) is 11.9 Å². The molecule has 128 valence electrons. The molecule has 1 amide bonds. The molecule has 0 saturated heterocycles. The summed E-state index contributed by atoms with van der Waals surface area (Å²) in [5.74, 6) is 1.37. The number of aryl methyl sites for hydroxylation is 1. The number of carbonyl (C=O) groups is 1. The zero-order valence-corrected chi connectivity index (χ0v) is 15.4. The molecule has 2 atom stereocenters. The minimum Gasteiger partial charge on any atom is -0.327 e. The molecule has 0 radical (unpaired) electrons. The van der Waals surface area contributed by atoms with Crippen LogP contribution in [0.4, 0.5) is 5.69 Å². The largest absolute Gasteiger partial charge is 0.327 e. The lowest BCUT2D eigenvalue weighted by Crippen LogP contribution is -2.49. The molecule has 2 aliphatic carbocycles. The molecular weight excluding hydrogens is 331 g/mol. The third kappa shape index (κ3) is 3.67. The van der Waals surface area contributed by atoms with Gasteiger partial charge < -0.3 is 10.6 Å². The number of anilines is 1. The van der Waals surface area contributed by atoms with Gasteiger partial charge in [-0.25, -0.2) is 0 Å². The summed E-state index contributed by atoms with van der Waals surface area (Å²) in [7, 11) is 1.85. The zero-order chi connectivity index (χ0) is 15.9. The molecule has 3 rings (SSSR count). The molecule has 0 aromatic heterocycles. The Morgan fingerprint density at radius 3 is 2.43 bits per heavy atom. The third-order valence-corrected chi connectivity index (χ3v) is 6.04. The van der Waals surface area contributed by atoms with Gasteiger partial charge in [-0.05, 0) is 62.1 Å². The van der Waals surface area contributed by atoms with E-state index in [1.165, 1.54) is 19.3 Å². The van der Waals surface area contributed by atoms with Crippen LogP contribution in [0.5, 0.6) is 0 Å². The molecule has 0 aliphatic heterocycles. The van der Waals surface area contributed by atoms with Crippen molar-refractivity contribution in [1.29, 1.82) is 0 Å².